The highest BCUT2D eigenvalue weighted by molar-refractivity contribution is 5.91. The van der Waals surface area contributed by atoms with Crippen LogP contribution >= 0.6 is 0 Å². The van der Waals surface area contributed by atoms with Gasteiger partial charge in [-0.1, -0.05) is 12.1 Å². The molecule has 2 aromatic rings. The van der Waals surface area contributed by atoms with Crippen molar-refractivity contribution in [1.29, 1.82) is 0 Å². The Morgan fingerprint density at radius 1 is 1.08 bits per heavy atom. The highest BCUT2D eigenvalue weighted by Gasteiger charge is 2.04. The first-order valence-corrected chi connectivity index (χ1v) is 7.95. The van der Waals surface area contributed by atoms with E-state index in [2.05, 4.69) is 5.32 Å². The lowest BCUT2D eigenvalue weighted by molar-refractivity contribution is -0.120. The molecule has 0 saturated carbocycles. The van der Waals surface area contributed by atoms with E-state index in [-0.39, 0.29) is 18.1 Å². The highest BCUT2D eigenvalue weighted by Crippen LogP contribution is 2.12. The van der Waals surface area contributed by atoms with Gasteiger partial charge in [-0.2, -0.15) is 0 Å². The fourth-order valence-electron chi connectivity index (χ4n) is 2.13. The molecule has 2 aromatic carbocycles. The zero-order chi connectivity index (χ0) is 18.1. The van der Waals surface area contributed by atoms with Gasteiger partial charge in [-0.3, -0.25) is 4.79 Å². The molecule has 0 heterocycles. The second-order valence-corrected chi connectivity index (χ2v) is 5.50. The normalized spacial score (nSPS) is 10.3. The van der Waals surface area contributed by atoms with Crippen molar-refractivity contribution in [3.05, 3.63) is 59.7 Å². The van der Waals surface area contributed by atoms with Crippen LogP contribution in [0.15, 0.2) is 48.5 Å². The number of carbonyl (C=O) groups excluding carboxylic acids is 1. The van der Waals surface area contributed by atoms with Crippen LogP contribution in [0.5, 0.6) is 5.75 Å². The Labute approximate surface area is 146 Å². The molecule has 0 saturated heterocycles. The Morgan fingerprint density at radius 2 is 1.84 bits per heavy atom. The first kappa shape index (κ1) is 18.5. The topological polar surface area (TPSA) is 84.9 Å². The predicted octanol–water partition coefficient (Wildman–Crippen LogP) is 3.12. The molecule has 0 unspecified atom stereocenters. The third kappa shape index (κ3) is 6.64. The fourth-order valence-corrected chi connectivity index (χ4v) is 2.13. The molecule has 6 nitrogen and oxygen atoms in total. The summed E-state index contributed by atoms with van der Waals surface area (Å²) in [6.45, 7) is 2.77. The molecule has 2 rings (SSSR count). The molecule has 0 aromatic heterocycles. The third-order valence-corrected chi connectivity index (χ3v) is 3.34. The number of nitrogens with one attached hydrogen (secondary N) is 1. The standard InChI is InChI=1S/C19H21NO5/c1-14-4-2-5-16(12-14)20-18(21)13-24-10-3-11-25-17-8-6-15(7-9-17)19(22)23/h2,4-9,12H,3,10-11,13H2,1H3,(H,20,21)(H,22,23). The number of aryl methyl sites for hydroxylation is 1. The largest absolute Gasteiger partial charge is 0.494 e. The number of anilines is 1. The van der Waals surface area contributed by atoms with Crippen LogP contribution in [0.3, 0.4) is 0 Å². The fraction of sp³-hybridized carbons (Fsp3) is 0.263. The summed E-state index contributed by atoms with van der Waals surface area (Å²) in [5.41, 5.74) is 2.05. The van der Waals surface area contributed by atoms with Gasteiger partial charge in [0.15, 0.2) is 0 Å². The number of carbonyl (C=O) groups is 2. The molecule has 0 spiro atoms. The number of ether oxygens (including phenoxy) is 2. The van der Waals surface area contributed by atoms with Gasteiger partial charge < -0.3 is 19.9 Å². The number of aromatic carboxylic acids is 1. The van der Waals surface area contributed by atoms with Gasteiger partial charge in [-0.05, 0) is 48.9 Å². The van der Waals surface area contributed by atoms with E-state index in [0.717, 1.165) is 11.3 Å². The third-order valence-electron chi connectivity index (χ3n) is 3.34. The maximum Gasteiger partial charge on any atom is 0.335 e. The number of amides is 1. The lowest BCUT2D eigenvalue weighted by atomic mass is 10.2. The molecule has 0 aliphatic carbocycles. The van der Waals surface area contributed by atoms with Crippen LogP contribution < -0.4 is 10.1 Å². The van der Waals surface area contributed by atoms with Crippen molar-refractivity contribution in [2.24, 2.45) is 0 Å². The molecule has 0 aliphatic heterocycles. The minimum atomic E-state index is -0.969. The zero-order valence-corrected chi connectivity index (χ0v) is 14.0. The van der Waals surface area contributed by atoms with Gasteiger partial charge in [-0.15, -0.1) is 0 Å². The van der Waals surface area contributed by atoms with E-state index in [9.17, 15) is 9.59 Å². The number of hydrogen-bond donors (Lipinski definition) is 2. The van der Waals surface area contributed by atoms with Gasteiger partial charge in [0.05, 0.1) is 18.8 Å². The molecule has 2 N–H and O–H groups in total. The van der Waals surface area contributed by atoms with Crippen molar-refractivity contribution in [2.75, 3.05) is 25.1 Å². The molecular formula is C19H21NO5. The molecule has 25 heavy (non-hydrogen) atoms. The smallest absolute Gasteiger partial charge is 0.335 e. The Hall–Kier alpha value is -2.86. The molecule has 0 atom stereocenters. The maximum atomic E-state index is 11.7. The van der Waals surface area contributed by atoms with E-state index < -0.39 is 5.97 Å². The van der Waals surface area contributed by atoms with Crippen LogP contribution in [0.25, 0.3) is 0 Å². The summed E-state index contributed by atoms with van der Waals surface area (Å²) in [5, 5.41) is 11.6. The summed E-state index contributed by atoms with van der Waals surface area (Å²) in [7, 11) is 0. The SMILES string of the molecule is Cc1cccc(NC(=O)COCCCOc2ccc(C(=O)O)cc2)c1. The summed E-state index contributed by atoms with van der Waals surface area (Å²) in [6.07, 6.45) is 0.623. The summed E-state index contributed by atoms with van der Waals surface area (Å²) < 4.78 is 10.8. The average molecular weight is 343 g/mol. The molecule has 0 bridgehead atoms. The van der Waals surface area contributed by atoms with E-state index in [1.165, 1.54) is 12.1 Å². The van der Waals surface area contributed by atoms with E-state index in [1.807, 2.05) is 31.2 Å². The van der Waals surface area contributed by atoms with Gasteiger partial charge in [0.1, 0.15) is 12.4 Å². The number of carboxylic acids is 1. The van der Waals surface area contributed by atoms with Crippen molar-refractivity contribution in [1.82, 2.24) is 0 Å². The zero-order valence-electron chi connectivity index (χ0n) is 14.0. The first-order chi connectivity index (χ1) is 12.0. The van der Waals surface area contributed by atoms with Crippen LogP contribution in [0, 0.1) is 6.92 Å². The van der Waals surface area contributed by atoms with E-state index in [4.69, 9.17) is 14.6 Å². The quantitative estimate of drug-likeness (QED) is 0.683. The number of benzene rings is 2. The van der Waals surface area contributed by atoms with E-state index in [0.29, 0.717) is 25.4 Å². The Kier molecular flexibility index (Phi) is 6.98. The van der Waals surface area contributed by atoms with Crippen molar-refractivity contribution in [3.8, 4) is 5.75 Å². The first-order valence-electron chi connectivity index (χ1n) is 7.95. The van der Waals surface area contributed by atoms with Gasteiger partial charge in [0.25, 0.3) is 0 Å². The van der Waals surface area contributed by atoms with Crippen LogP contribution in [0.2, 0.25) is 0 Å². The van der Waals surface area contributed by atoms with Crippen molar-refractivity contribution in [2.45, 2.75) is 13.3 Å². The van der Waals surface area contributed by atoms with Crippen LogP contribution in [-0.2, 0) is 9.53 Å². The van der Waals surface area contributed by atoms with E-state index >= 15 is 0 Å². The van der Waals surface area contributed by atoms with Gasteiger partial charge >= 0.3 is 5.97 Å². The maximum absolute atomic E-state index is 11.7. The summed E-state index contributed by atoms with van der Waals surface area (Å²) in [6, 6.07) is 13.8. The molecule has 0 fully saturated rings. The van der Waals surface area contributed by atoms with Crippen molar-refractivity contribution < 1.29 is 24.2 Å². The highest BCUT2D eigenvalue weighted by atomic mass is 16.5. The van der Waals surface area contributed by atoms with Gasteiger partial charge in [0, 0.05) is 12.1 Å². The predicted molar refractivity (Wildman–Crippen MR) is 94.1 cm³/mol. The lowest BCUT2D eigenvalue weighted by Crippen LogP contribution is -2.19. The Bertz CT molecular complexity index is 712. The summed E-state index contributed by atoms with van der Waals surface area (Å²) in [4.78, 5) is 22.5. The van der Waals surface area contributed by atoms with E-state index in [1.54, 1.807) is 12.1 Å². The lowest BCUT2D eigenvalue weighted by Gasteiger charge is -2.08. The van der Waals surface area contributed by atoms with Crippen molar-refractivity contribution in [3.63, 3.8) is 0 Å². The number of rotatable bonds is 9. The van der Waals surface area contributed by atoms with Crippen molar-refractivity contribution >= 4 is 17.6 Å². The number of carboxylic acid groups (broad SMARTS) is 1. The van der Waals surface area contributed by atoms with Crippen LogP contribution in [0.4, 0.5) is 5.69 Å². The molecule has 1 amide bonds. The Morgan fingerprint density at radius 3 is 2.52 bits per heavy atom. The minimum absolute atomic E-state index is 0.0126. The Balaban J connectivity index is 1.58. The average Bonchev–Trinajstić information content (AvgIpc) is 2.58. The second kappa shape index (κ2) is 9.44. The monoisotopic (exact) mass is 343 g/mol. The number of hydrogen-bond acceptors (Lipinski definition) is 4. The molecular weight excluding hydrogens is 322 g/mol. The van der Waals surface area contributed by atoms with Crippen LogP contribution in [0.1, 0.15) is 22.3 Å². The van der Waals surface area contributed by atoms with Gasteiger partial charge in [0.2, 0.25) is 5.91 Å². The van der Waals surface area contributed by atoms with Gasteiger partial charge in [-0.25, -0.2) is 4.79 Å². The minimum Gasteiger partial charge on any atom is -0.494 e. The molecule has 6 heteroatoms. The second-order valence-electron chi connectivity index (χ2n) is 5.50. The molecule has 132 valence electrons. The summed E-state index contributed by atoms with van der Waals surface area (Å²) in [5.74, 6) is -0.568. The van der Waals surface area contributed by atoms with Crippen LogP contribution in [-0.4, -0.2) is 36.8 Å². The summed E-state index contributed by atoms with van der Waals surface area (Å²) >= 11 is 0. The molecule has 0 radical (unpaired) electrons. The molecule has 0 aliphatic rings.